The Morgan fingerprint density at radius 3 is 2.39 bits per heavy atom. The first kappa shape index (κ1) is 17.8. The number of ether oxygens (including phenoxy) is 1. The molecule has 0 aromatic heterocycles. The Morgan fingerprint density at radius 1 is 0.957 bits per heavy atom. The summed E-state index contributed by atoms with van der Waals surface area (Å²) in [5.41, 5.74) is 1.95. The molecule has 124 valence electrons. The number of unbranched alkanes of at least 4 members (excludes halogenated alkanes) is 1. The zero-order chi connectivity index (χ0) is 16.5. The highest BCUT2D eigenvalue weighted by Crippen LogP contribution is 2.25. The molecule has 3 nitrogen and oxygen atoms in total. The van der Waals surface area contributed by atoms with Crippen LogP contribution in [0.15, 0.2) is 42.5 Å². The van der Waals surface area contributed by atoms with Crippen molar-refractivity contribution >= 4 is 34.6 Å². The molecule has 0 saturated carbocycles. The molecule has 2 N–H and O–H groups in total. The molecule has 0 saturated heterocycles. The molecule has 0 atom stereocenters. The van der Waals surface area contributed by atoms with Crippen molar-refractivity contribution in [2.45, 2.75) is 19.8 Å². The van der Waals surface area contributed by atoms with E-state index in [9.17, 15) is 0 Å². The molecule has 0 aliphatic carbocycles. The summed E-state index contributed by atoms with van der Waals surface area (Å²) in [7, 11) is 0. The molecule has 0 heterocycles. The van der Waals surface area contributed by atoms with E-state index in [-0.39, 0.29) is 0 Å². The second-order valence-electron chi connectivity index (χ2n) is 5.20. The van der Waals surface area contributed by atoms with Crippen molar-refractivity contribution in [3.8, 4) is 5.75 Å². The van der Waals surface area contributed by atoms with Crippen molar-refractivity contribution in [2.24, 2.45) is 0 Å². The molecule has 0 aliphatic rings. The zero-order valence-corrected chi connectivity index (χ0v) is 14.8. The predicted molar refractivity (Wildman–Crippen MR) is 100 cm³/mol. The van der Waals surface area contributed by atoms with Crippen molar-refractivity contribution < 1.29 is 4.74 Å². The first-order chi connectivity index (χ1) is 11.2. The maximum absolute atomic E-state index is 6.11. The van der Waals surface area contributed by atoms with Gasteiger partial charge in [-0.05, 0) is 48.9 Å². The summed E-state index contributed by atoms with van der Waals surface area (Å²) >= 11 is 12.0. The number of hydrogen-bond donors (Lipinski definition) is 2. The average Bonchev–Trinajstić information content (AvgIpc) is 2.55. The molecule has 0 bridgehead atoms. The highest BCUT2D eigenvalue weighted by atomic mass is 35.5. The fourth-order valence-electron chi connectivity index (χ4n) is 2.04. The third-order valence-electron chi connectivity index (χ3n) is 3.32. The maximum Gasteiger partial charge on any atom is 0.119 e. The molecule has 0 spiro atoms. The van der Waals surface area contributed by atoms with Crippen LogP contribution in [0, 0.1) is 0 Å². The van der Waals surface area contributed by atoms with Gasteiger partial charge in [0.1, 0.15) is 5.75 Å². The molecule has 2 aromatic rings. The van der Waals surface area contributed by atoms with E-state index in [1.807, 2.05) is 36.4 Å². The minimum absolute atomic E-state index is 0.631. The molecule has 5 heteroatoms. The Labute approximate surface area is 147 Å². The van der Waals surface area contributed by atoms with Gasteiger partial charge in [-0.1, -0.05) is 36.5 Å². The first-order valence-electron chi connectivity index (χ1n) is 7.84. The van der Waals surface area contributed by atoms with Crippen LogP contribution in [-0.4, -0.2) is 19.7 Å². The predicted octanol–water partition coefficient (Wildman–Crippen LogP) is 5.70. The lowest BCUT2D eigenvalue weighted by Crippen LogP contribution is -2.13. The van der Waals surface area contributed by atoms with E-state index >= 15 is 0 Å². The average molecular weight is 353 g/mol. The SMILES string of the molecule is CCCCOc1ccc(NCCNc2ccc(Cl)cc2Cl)cc1. The third-order valence-corrected chi connectivity index (χ3v) is 3.87. The number of nitrogens with one attached hydrogen (secondary N) is 2. The smallest absolute Gasteiger partial charge is 0.119 e. The summed E-state index contributed by atoms with van der Waals surface area (Å²) < 4.78 is 5.64. The number of benzene rings is 2. The molecule has 23 heavy (non-hydrogen) atoms. The van der Waals surface area contributed by atoms with E-state index in [2.05, 4.69) is 17.6 Å². The fraction of sp³-hybridized carbons (Fsp3) is 0.333. The molecule has 0 unspecified atom stereocenters. The standard InChI is InChI=1S/C18H22Cl2N2O/c1-2-3-12-23-16-7-5-15(6-8-16)21-10-11-22-18-9-4-14(19)13-17(18)20/h4-9,13,21-22H,2-3,10-12H2,1H3. The normalized spacial score (nSPS) is 10.4. The van der Waals surface area contributed by atoms with Gasteiger partial charge in [0.05, 0.1) is 17.3 Å². The van der Waals surface area contributed by atoms with Gasteiger partial charge in [0.15, 0.2) is 0 Å². The van der Waals surface area contributed by atoms with Crippen LogP contribution >= 0.6 is 23.2 Å². The van der Waals surface area contributed by atoms with Crippen LogP contribution in [0.25, 0.3) is 0 Å². The van der Waals surface area contributed by atoms with Crippen LogP contribution in [0.1, 0.15) is 19.8 Å². The van der Waals surface area contributed by atoms with E-state index < -0.39 is 0 Å². The van der Waals surface area contributed by atoms with Gasteiger partial charge in [0, 0.05) is 23.8 Å². The lowest BCUT2D eigenvalue weighted by molar-refractivity contribution is 0.309. The Balaban J connectivity index is 1.71. The first-order valence-corrected chi connectivity index (χ1v) is 8.60. The molecule has 2 aromatic carbocycles. The summed E-state index contributed by atoms with van der Waals surface area (Å²) in [5, 5.41) is 7.90. The number of anilines is 2. The maximum atomic E-state index is 6.11. The molecule has 0 amide bonds. The lowest BCUT2D eigenvalue weighted by Gasteiger charge is -2.11. The summed E-state index contributed by atoms with van der Waals surface area (Å²) in [5.74, 6) is 0.912. The van der Waals surface area contributed by atoms with Crippen molar-refractivity contribution in [2.75, 3.05) is 30.3 Å². The summed E-state index contributed by atoms with van der Waals surface area (Å²) in [6.07, 6.45) is 2.23. The van der Waals surface area contributed by atoms with Gasteiger partial charge in [-0.2, -0.15) is 0 Å². The minimum Gasteiger partial charge on any atom is -0.494 e. The van der Waals surface area contributed by atoms with Crippen LogP contribution < -0.4 is 15.4 Å². The second kappa shape index (κ2) is 9.53. The van der Waals surface area contributed by atoms with Gasteiger partial charge in [-0.3, -0.25) is 0 Å². The van der Waals surface area contributed by atoms with E-state index in [4.69, 9.17) is 27.9 Å². The van der Waals surface area contributed by atoms with Gasteiger partial charge in [0.25, 0.3) is 0 Å². The highest BCUT2D eigenvalue weighted by molar-refractivity contribution is 6.36. The summed E-state index contributed by atoms with van der Waals surface area (Å²) in [6, 6.07) is 13.5. The van der Waals surface area contributed by atoms with Gasteiger partial charge in [-0.25, -0.2) is 0 Å². The van der Waals surface area contributed by atoms with Gasteiger partial charge < -0.3 is 15.4 Å². The van der Waals surface area contributed by atoms with Gasteiger partial charge in [-0.15, -0.1) is 0 Å². The van der Waals surface area contributed by atoms with Crippen LogP contribution in [0.2, 0.25) is 10.0 Å². The molecular weight excluding hydrogens is 331 g/mol. The van der Waals surface area contributed by atoms with Crippen LogP contribution in [0.4, 0.5) is 11.4 Å². The number of halogens is 2. The van der Waals surface area contributed by atoms with Crippen LogP contribution in [-0.2, 0) is 0 Å². The van der Waals surface area contributed by atoms with E-state index in [1.165, 1.54) is 0 Å². The van der Waals surface area contributed by atoms with Crippen LogP contribution in [0.3, 0.4) is 0 Å². The molecule has 2 rings (SSSR count). The molecule has 0 aliphatic heterocycles. The highest BCUT2D eigenvalue weighted by Gasteiger charge is 2.00. The van der Waals surface area contributed by atoms with Crippen molar-refractivity contribution in [1.82, 2.24) is 0 Å². The summed E-state index contributed by atoms with van der Waals surface area (Å²) in [4.78, 5) is 0. The van der Waals surface area contributed by atoms with Crippen molar-refractivity contribution in [1.29, 1.82) is 0 Å². The third kappa shape index (κ3) is 6.20. The quantitative estimate of drug-likeness (QED) is 0.568. The molecule has 0 fully saturated rings. The Bertz CT molecular complexity index is 602. The van der Waals surface area contributed by atoms with Crippen molar-refractivity contribution in [3.63, 3.8) is 0 Å². The van der Waals surface area contributed by atoms with E-state index in [0.717, 1.165) is 49.7 Å². The summed E-state index contributed by atoms with van der Waals surface area (Å²) in [6.45, 7) is 4.47. The Hall–Kier alpha value is -1.58. The van der Waals surface area contributed by atoms with E-state index in [1.54, 1.807) is 6.07 Å². The molecule has 0 radical (unpaired) electrons. The van der Waals surface area contributed by atoms with Gasteiger partial charge >= 0.3 is 0 Å². The number of rotatable bonds is 9. The van der Waals surface area contributed by atoms with Crippen LogP contribution in [0.5, 0.6) is 5.75 Å². The fourth-order valence-corrected chi connectivity index (χ4v) is 2.52. The van der Waals surface area contributed by atoms with Gasteiger partial charge in [0.2, 0.25) is 0 Å². The minimum atomic E-state index is 0.631. The van der Waals surface area contributed by atoms with E-state index in [0.29, 0.717) is 10.0 Å². The lowest BCUT2D eigenvalue weighted by atomic mass is 10.3. The Morgan fingerprint density at radius 2 is 1.70 bits per heavy atom. The van der Waals surface area contributed by atoms with Crippen molar-refractivity contribution in [3.05, 3.63) is 52.5 Å². The second-order valence-corrected chi connectivity index (χ2v) is 6.05. The number of hydrogen-bond acceptors (Lipinski definition) is 3. The topological polar surface area (TPSA) is 33.3 Å². The largest absolute Gasteiger partial charge is 0.494 e. The zero-order valence-electron chi connectivity index (χ0n) is 13.2. The Kier molecular flexibility index (Phi) is 7.37. The molecular formula is C18H22Cl2N2O. The monoisotopic (exact) mass is 352 g/mol.